The van der Waals surface area contributed by atoms with Gasteiger partial charge in [-0.15, -0.1) is 10.2 Å². The van der Waals surface area contributed by atoms with Crippen molar-refractivity contribution in [3.8, 4) is 11.5 Å². The molecule has 134 valence electrons. The number of amides is 1. The molecule has 0 saturated carbocycles. The summed E-state index contributed by atoms with van der Waals surface area (Å²) in [4.78, 5) is 12.0. The van der Waals surface area contributed by atoms with Gasteiger partial charge in [-0.05, 0) is 42.7 Å². The van der Waals surface area contributed by atoms with E-state index in [1.54, 1.807) is 19.1 Å². The molecule has 1 aromatic heterocycles. The van der Waals surface area contributed by atoms with Crippen LogP contribution in [0.5, 0.6) is 0 Å². The summed E-state index contributed by atoms with van der Waals surface area (Å²) < 4.78 is 19.1. The van der Waals surface area contributed by atoms with Crippen LogP contribution in [0, 0.1) is 19.7 Å². The minimum absolute atomic E-state index is 0.143. The lowest BCUT2D eigenvalue weighted by Crippen LogP contribution is -2.24. The first-order valence-corrected chi connectivity index (χ1v) is 9.05. The largest absolute Gasteiger partial charge is 0.411 e. The van der Waals surface area contributed by atoms with Gasteiger partial charge in [-0.2, -0.15) is 0 Å². The highest BCUT2D eigenvalue weighted by Crippen LogP contribution is 2.25. The van der Waals surface area contributed by atoms with E-state index in [9.17, 15) is 9.18 Å². The number of thioether (sulfide) groups is 1. The molecular weight excluding hydrogens is 353 g/mol. The topological polar surface area (TPSA) is 68.0 Å². The van der Waals surface area contributed by atoms with Crippen LogP contribution < -0.4 is 5.32 Å². The third-order valence-electron chi connectivity index (χ3n) is 3.83. The fourth-order valence-corrected chi connectivity index (χ4v) is 2.91. The molecule has 1 N–H and O–H groups in total. The van der Waals surface area contributed by atoms with Gasteiger partial charge < -0.3 is 9.73 Å². The molecule has 0 fully saturated rings. The lowest BCUT2D eigenvalue weighted by Gasteiger charge is -2.05. The van der Waals surface area contributed by atoms with Gasteiger partial charge in [-0.1, -0.05) is 42.1 Å². The molecule has 0 saturated heterocycles. The van der Waals surface area contributed by atoms with Crippen molar-refractivity contribution in [2.24, 2.45) is 0 Å². The number of hydrogen-bond donors (Lipinski definition) is 1. The average Bonchev–Trinajstić information content (AvgIpc) is 3.10. The van der Waals surface area contributed by atoms with E-state index in [2.05, 4.69) is 15.5 Å². The van der Waals surface area contributed by atoms with Crippen LogP contribution >= 0.6 is 11.8 Å². The molecule has 0 radical (unpaired) electrons. The summed E-state index contributed by atoms with van der Waals surface area (Å²) in [5.74, 6) is 0.109. The summed E-state index contributed by atoms with van der Waals surface area (Å²) in [7, 11) is 0. The Morgan fingerprint density at radius 1 is 1.15 bits per heavy atom. The van der Waals surface area contributed by atoms with Gasteiger partial charge in [0.25, 0.3) is 5.22 Å². The minimum atomic E-state index is -0.277. The van der Waals surface area contributed by atoms with Gasteiger partial charge in [-0.3, -0.25) is 4.79 Å². The number of aromatic nitrogens is 2. The van der Waals surface area contributed by atoms with Crippen LogP contribution in [-0.4, -0.2) is 21.9 Å². The molecule has 5 nitrogen and oxygen atoms in total. The molecule has 0 aliphatic carbocycles. The van der Waals surface area contributed by atoms with E-state index < -0.39 is 0 Å². The highest BCUT2D eigenvalue weighted by atomic mass is 32.2. The van der Waals surface area contributed by atoms with Crippen molar-refractivity contribution in [1.29, 1.82) is 0 Å². The van der Waals surface area contributed by atoms with Crippen molar-refractivity contribution >= 4 is 17.7 Å². The number of nitrogens with one attached hydrogen (secondary N) is 1. The number of carbonyl (C=O) groups is 1. The average molecular weight is 371 g/mol. The third-order valence-corrected chi connectivity index (χ3v) is 4.65. The van der Waals surface area contributed by atoms with Crippen molar-refractivity contribution in [1.82, 2.24) is 15.5 Å². The first kappa shape index (κ1) is 18.1. The number of nitrogens with zero attached hydrogens (tertiary/aromatic N) is 2. The Bertz CT molecular complexity index is 927. The van der Waals surface area contributed by atoms with Gasteiger partial charge in [0.1, 0.15) is 5.82 Å². The number of carbonyl (C=O) groups excluding carboxylic acids is 1. The molecule has 0 atom stereocenters. The molecular formula is C19H18FN3O2S. The number of halogens is 1. The zero-order valence-electron chi connectivity index (χ0n) is 14.5. The van der Waals surface area contributed by atoms with Gasteiger partial charge in [0.2, 0.25) is 11.8 Å². The Balaban J connectivity index is 1.52. The van der Waals surface area contributed by atoms with Crippen LogP contribution in [0.15, 0.2) is 52.1 Å². The van der Waals surface area contributed by atoms with Gasteiger partial charge >= 0.3 is 0 Å². The van der Waals surface area contributed by atoms with E-state index >= 15 is 0 Å². The van der Waals surface area contributed by atoms with Crippen LogP contribution in [0.25, 0.3) is 11.5 Å². The van der Waals surface area contributed by atoms with Crippen molar-refractivity contribution in [2.75, 3.05) is 5.75 Å². The Morgan fingerprint density at radius 2 is 1.96 bits per heavy atom. The van der Waals surface area contributed by atoms with Gasteiger partial charge in [0.15, 0.2) is 0 Å². The van der Waals surface area contributed by atoms with Crippen LogP contribution in [0.3, 0.4) is 0 Å². The normalized spacial score (nSPS) is 10.7. The number of benzene rings is 2. The lowest BCUT2D eigenvalue weighted by molar-refractivity contribution is -0.118. The van der Waals surface area contributed by atoms with E-state index in [1.165, 1.54) is 6.07 Å². The fraction of sp³-hybridized carbons (Fsp3) is 0.211. The van der Waals surface area contributed by atoms with E-state index in [0.29, 0.717) is 22.2 Å². The van der Waals surface area contributed by atoms with E-state index in [1.807, 2.05) is 31.2 Å². The highest BCUT2D eigenvalue weighted by molar-refractivity contribution is 7.99. The van der Waals surface area contributed by atoms with Crippen molar-refractivity contribution in [3.63, 3.8) is 0 Å². The molecule has 0 bridgehead atoms. The smallest absolute Gasteiger partial charge is 0.277 e. The summed E-state index contributed by atoms with van der Waals surface area (Å²) in [6.45, 7) is 3.94. The van der Waals surface area contributed by atoms with E-state index in [-0.39, 0.29) is 24.0 Å². The summed E-state index contributed by atoms with van der Waals surface area (Å²) in [6.07, 6.45) is 0. The monoisotopic (exact) mass is 371 g/mol. The van der Waals surface area contributed by atoms with Gasteiger partial charge in [-0.25, -0.2) is 4.39 Å². The molecule has 1 amide bonds. The molecule has 0 aliphatic heterocycles. The Kier molecular flexibility index (Phi) is 5.68. The zero-order chi connectivity index (χ0) is 18.5. The predicted molar refractivity (Wildman–Crippen MR) is 98.2 cm³/mol. The first-order chi connectivity index (χ1) is 12.5. The molecule has 0 spiro atoms. The second-order valence-corrected chi connectivity index (χ2v) is 6.76. The second kappa shape index (κ2) is 8.14. The summed E-state index contributed by atoms with van der Waals surface area (Å²) in [5, 5.41) is 11.1. The lowest BCUT2D eigenvalue weighted by atomic mass is 10.1. The van der Waals surface area contributed by atoms with Crippen LogP contribution in [0.1, 0.15) is 16.7 Å². The number of aryl methyl sites for hydroxylation is 2. The molecule has 1 heterocycles. The first-order valence-electron chi connectivity index (χ1n) is 8.07. The Labute approximate surface area is 155 Å². The zero-order valence-corrected chi connectivity index (χ0v) is 15.3. The highest BCUT2D eigenvalue weighted by Gasteiger charge is 2.12. The maximum absolute atomic E-state index is 13.5. The molecule has 7 heteroatoms. The molecule has 0 aliphatic rings. The fourth-order valence-electron chi connectivity index (χ4n) is 2.32. The summed E-state index contributed by atoms with van der Waals surface area (Å²) in [6, 6.07) is 12.6. The van der Waals surface area contributed by atoms with Crippen molar-refractivity contribution < 1.29 is 13.6 Å². The van der Waals surface area contributed by atoms with Crippen LogP contribution in [0.2, 0.25) is 0 Å². The van der Waals surface area contributed by atoms with Crippen molar-refractivity contribution in [2.45, 2.75) is 25.6 Å². The molecule has 0 unspecified atom stereocenters. The second-order valence-electron chi connectivity index (χ2n) is 5.84. The Morgan fingerprint density at radius 3 is 2.73 bits per heavy atom. The minimum Gasteiger partial charge on any atom is -0.411 e. The van der Waals surface area contributed by atoms with E-state index in [4.69, 9.17) is 4.42 Å². The predicted octanol–water partition coefficient (Wildman–Crippen LogP) is 3.90. The van der Waals surface area contributed by atoms with Gasteiger partial charge in [0, 0.05) is 12.1 Å². The SMILES string of the molecule is Cc1ccc(CNC(=O)CSc2nnc(-c3ccccc3C)o2)cc1F. The molecule has 3 rings (SSSR count). The standard InChI is InChI=1S/C19H18FN3O2S/c1-12-5-3-4-6-15(12)18-22-23-19(25-18)26-11-17(24)21-10-14-8-7-13(2)16(20)9-14/h3-9H,10-11H2,1-2H3,(H,21,24). The number of hydrogen-bond acceptors (Lipinski definition) is 5. The molecule has 26 heavy (non-hydrogen) atoms. The maximum atomic E-state index is 13.5. The third kappa shape index (κ3) is 4.49. The van der Waals surface area contributed by atoms with Crippen molar-refractivity contribution in [3.05, 3.63) is 65.0 Å². The Hall–Kier alpha value is -2.67. The van der Waals surface area contributed by atoms with Crippen LogP contribution in [-0.2, 0) is 11.3 Å². The van der Waals surface area contributed by atoms with E-state index in [0.717, 1.165) is 22.9 Å². The number of rotatable bonds is 6. The van der Waals surface area contributed by atoms with Gasteiger partial charge in [0.05, 0.1) is 5.75 Å². The quantitative estimate of drug-likeness (QED) is 0.666. The van der Waals surface area contributed by atoms with Crippen LogP contribution in [0.4, 0.5) is 4.39 Å². The summed E-state index contributed by atoms with van der Waals surface area (Å²) in [5.41, 5.74) is 3.20. The maximum Gasteiger partial charge on any atom is 0.277 e. The molecule has 3 aromatic rings. The molecule has 2 aromatic carbocycles. The summed E-state index contributed by atoms with van der Waals surface area (Å²) >= 11 is 1.16.